The molecule has 4 heteroatoms. The molecule has 0 heterocycles. The molecule has 0 radical (unpaired) electrons. The van der Waals surface area contributed by atoms with E-state index in [2.05, 4.69) is 5.48 Å². The molecule has 0 aliphatic rings. The largest absolute Gasteiger partial charge is 0.493 e. The predicted octanol–water partition coefficient (Wildman–Crippen LogP) is 1.61. The molecule has 0 aliphatic heterocycles. The Hall–Kier alpha value is -1.26. The Bertz CT molecular complexity index is 315. The van der Waals surface area contributed by atoms with Crippen LogP contribution in [-0.2, 0) is 6.42 Å². The van der Waals surface area contributed by atoms with Gasteiger partial charge in [-0.25, -0.2) is 5.48 Å². The van der Waals surface area contributed by atoms with Crippen LogP contribution in [0.3, 0.4) is 0 Å². The van der Waals surface area contributed by atoms with Gasteiger partial charge in [-0.2, -0.15) is 0 Å². The Kier molecular flexibility index (Phi) is 4.39. The van der Waals surface area contributed by atoms with Crippen molar-refractivity contribution in [2.45, 2.75) is 19.4 Å². The van der Waals surface area contributed by atoms with Crippen molar-refractivity contribution in [1.29, 1.82) is 0 Å². The van der Waals surface area contributed by atoms with Crippen LogP contribution in [0.1, 0.15) is 12.5 Å². The molecule has 15 heavy (non-hydrogen) atoms. The van der Waals surface area contributed by atoms with E-state index in [1.165, 1.54) is 0 Å². The van der Waals surface area contributed by atoms with Gasteiger partial charge in [0.15, 0.2) is 11.5 Å². The summed E-state index contributed by atoms with van der Waals surface area (Å²) >= 11 is 0. The smallest absolute Gasteiger partial charge is 0.163 e. The summed E-state index contributed by atoms with van der Waals surface area (Å²) in [7, 11) is 3.22. The minimum Gasteiger partial charge on any atom is -0.493 e. The van der Waals surface area contributed by atoms with Gasteiger partial charge in [-0.05, 0) is 25.0 Å². The highest BCUT2D eigenvalue weighted by molar-refractivity contribution is 5.46. The van der Waals surface area contributed by atoms with Crippen LogP contribution in [0.15, 0.2) is 18.2 Å². The summed E-state index contributed by atoms with van der Waals surface area (Å²) in [5.74, 6) is 1.43. The van der Waals surface area contributed by atoms with E-state index in [0.717, 1.165) is 11.3 Å². The number of hydroxylamine groups is 1. The Morgan fingerprint density at radius 1 is 1.33 bits per heavy atom. The number of nitrogens with one attached hydrogen (secondary N) is 1. The molecule has 1 aromatic rings. The third kappa shape index (κ3) is 2.84. The van der Waals surface area contributed by atoms with E-state index >= 15 is 0 Å². The van der Waals surface area contributed by atoms with Crippen LogP contribution in [0.2, 0.25) is 0 Å². The summed E-state index contributed by atoms with van der Waals surface area (Å²) in [6, 6.07) is 5.68. The fourth-order valence-corrected chi connectivity index (χ4v) is 1.49. The average Bonchev–Trinajstić information content (AvgIpc) is 2.28. The molecule has 0 bridgehead atoms. The maximum Gasteiger partial charge on any atom is 0.163 e. The molecule has 0 spiro atoms. The third-order valence-electron chi connectivity index (χ3n) is 2.23. The van der Waals surface area contributed by atoms with E-state index < -0.39 is 0 Å². The van der Waals surface area contributed by atoms with Gasteiger partial charge in [0.2, 0.25) is 0 Å². The summed E-state index contributed by atoms with van der Waals surface area (Å²) in [6.45, 7) is 1.89. The topological polar surface area (TPSA) is 50.7 Å². The number of hydrogen-bond acceptors (Lipinski definition) is 4. The fourth-order valence-electron chi connectivity index (χ4n) is 1.49. The van der Waals surface area contributed by atoms with Crippen molar-refractivity contribution in [3.8, 4) is 11.5 Å². The van der Waals surface area contributed by atoms with Crippen LogP contribution < -0.4 is 15.0 Å². The van der Waals surface area contributed by atoms with Gasteiger partial charge in [0.25, 0.3) is 0 Å². The SMILES string of the molecule is COc1cccc(CC(C)NO)c1OC. The maximum atomic E-state index is 8.76. The standard InChI is InChI=1S/C11H17NO3/c1-8(12-13)7-9-5-4-6-10(14-2)11(9)15-3/h4-6,8,12-13H,7H2,1-3H3. The number of para-hydroxylation sites is 1. The van der Waals surface area contributed by atoms with Gasteiger partial charge in [-0.15, -0.1) is 0 Å². The molecule has 1 unspecified atom stereocenters. The van der Waals surface area contributed by atoms with Crippen molar-refractivity contribution in [3.05, 3.63) is 23.8 Å². The van der Waals surface area contributed by atoms with Crippen LogP contribution in [0.4, 0.5) is 0 Å². The lowest BCUT2D eigenvalue weighted by Crippen LogP contribution is -2.24. The van der Waals surface area contributed by atoms with Gasteiger partial charge in [-0.1, -0.05) is 12.1 Å². The third-order valence-corrected chi connectivity index (χ3v) is 2.23. The van der Waals surface area contributed by atoms with Crippen LogP contribution in [-0.4, -0.2) is 25.5 Å². The lowest BCUT2D eigenvalue weighted by atomic mass is 10.1. The molecular weight excluding hydrogens is 194 g/mol. The van der Waals surface area contributed by atoms with Crippen molar-refractivity contribution < 1.29 is 14.7 Å². The average molecular weight is 211 g/mol. The second-order valence-corrected chi connectivity index (χ2v) is 3.39. The first kappa shape index (κ1) is 11.8. The molecule has 1 aromatic carbocycles. The molecule has 0 saturated heterocycles. The quantitative estimate of drug-likeness (QED) is 0.726. The number of hydrogen-bond donors (Lipinski definition) is 2. The van der Waals surface area contributed by atoms with Gasteiger partial charge in [0.1, 0.15) is 0 Å². The van der Waals surface area contributed by atoms with Crippen LogP contribution in [0, 0.1) is 0 Å². The van der Waals surface area contributed by atoms with E-state index in [4.69, 9.17) is 14.7 Å². The van der Waals surface area contributed by atoms with Crippen molar-refractivity contribution in [3.63, 3.8) is 0 Å². The first-order valence-electron chi connectivity index (χ1n) is 4.82. The zero-order valence-electron chi connectivity index (χ0n) is 9.28. The Morgan fingerprint density at radius 3 is 2.60 bits per heavy atom. The molecule has 0 saturated carbocycles. The fraction of sp³-hybridized carbons (Fsp3) is 0.455. The summed E-state index contributed by atoms with van der Waals surface area (Å²) < 4.78 is 10.5. The lowest BCUT2D eigenvalue weighted by Gasteiger charge is -2.14. The highest BCUT2D eigenvalue weighted by Gasteiger charge is 2.11. The first-order valence-corrected chi connectivity index (χ1v) is 4.82. The molecule has 0 amide bonds. The van der Waals surface area contributed by atoms with E-state index in [1.54, 1.807) is 14.2 Å². The summed E-state index contributed by atoms with van der Waals surface area (Å²) in [5, 5.41) is 8.76. The van der Waals surface area contributed by atoms with Crippen molar-refractivity contribution in [2.75, 3.05) is 14.2 Å². The monoisotopic (exact) mass is 211 g/mol. The van der Waals surface area contributed by atoms with E-state index in [1.807, 2.05) is 25.1 Å². The van der Waals surface area contributed by atoms with Crippen LogP contribution >= 0.6 is 0 Å². The Balaban J connectivity index is 2.95. The zero-order valence-corrected chi connectivity index (χ0v) is 9.28. The molecule has 0 aliphatic carbocycles. The van der Waals surface area contributed by atoms with Crippen LogP contribution in [0.25, 0.3) is 0 Å². The lowest BCUT2D eigenvalue weighted by molar-refractivity contribution is 0.132. The highest BCUT2D eigenvalue weighted by Crippen LogP contribution is 2.31. The van der Waals surface area contributed by atoms with E-state index in [0.29, 0.717) is 12.2 Å². The molecular formula is C11H17NO3. The van der Waals surface area contributed by atoms with Crippen molar-refractivity contribution in [2.24, 2.45) is 0 Å². The second kappa shape index (κ2) is 5.58. The number of ether oxygens (including phenoxy) is 2. The van der Waals surface area contributed by atoms with Crippen LogP contribution in [0.5, 0.6) is 11.5 Å². The highest BCUT2D eigenvalue weighted by atomic mass is 16.5. The van der Waals surface area contributed by atoms with Gasteiger partial charge in [0.05, 0.1) is 14.2 Å². The molecule has 1 atom stereocenters. The Morgan fingerprint density at radius 2 is 2.07 bits per heavy atom. The summed E-state index contributed by atoms with van der Waals surface area (Å²) in [5.41, 5.74) is 3.21. The van der Waals surface area contributed by atoms with E-state index in [9.17, 15) is 0 Å². The van der Waals surface area contributed by atoms with Gasteiger partial charge in [0, 0.05) is 6.04 Å². The summed E-state index contributed by atoms with van der Waals surface area (Å²) in [4.78, 5) is 0. The normalized spacial score (nSPS) is 12.3. The maximum absolute atomic E-state index is 8.76. The minimum absolute atomic E-state index is 0.0222. The number of methoxy groups -OCH3 is 2. The molecule has 2 N–H and O–H groups in total. The number of benzene rings is 1. The second-order valence-electron chi connectivity index (χ2n) is 3.39. The number of rotatable bonds is 5. The van der Waals surface area contributed by atoms with Gasteiger partial charge < -0.3 is 14.7 Å². The van der Waals surface area contributed by atoms with Crippen molar-refractivity contribution >= 4 is 0 Å². The molecule has 4 nitrogen and oxygen atoms in total. The van der Waals surface area contributed by atoms with Crippen molar-refractivity contribution in [1.82, 2.24) is 5.48 Å². The molecule has 0 aromatic heterocycles. The minimum atomic E-state index is -0.0222. The van der Waals surface area contributed by atoms with Gasteiger partial charge >= 0.3 is 0 Å². The van der Waals surface area contributed by atoms with E-state index in [-0.39, 0.29) is 6.04 Å². The predicted molar refractivity (Wildman–Crippen MR) is 57.6 cm³/mol. The molecule has 1 rings (SSSR count). The first-order chi connectivity index (χ1) is 7.22. The zero-order chi connectivity index (χ0) is 11.3. The van der Waals surface area contributed by atoms with Gasteiger partial charge in [-0.3, -0.25) is 0 Å². The molecule has 0 fully saturated rings. The Labute approximate surface area is 89.8 Å². The molecule has 84 valence electrons. The summed E-state index contributed by atoms with van der Waals surface area (Å²) in [6.07, 6.45) is 0.677.